The smallest absolute Gasteiger partial charge is 0.290 e. The summed E-state index contributed by atoms with van der Waals surface area (Å²) in [5.74, 6) is 0.430. The molecule has 4 rings (SSSR count). The van der Waals surface area contributed by atoms with Crippen molar-refractivity contribution in [3.05, 3.63) is 66.2 Å². The highest BCUT2D eigenvalue weighted by Crippen LogP contribution is 2.22. The Balaban J connectivity index is 1.72. The molecule has 1 unspecified atom stereocenters. The number of rotatable bonds is 3. The van der Waals surface area contributed by atoms with Crippen molar-refractivity contribution < 1.29 is 9.59 Å². The van der Waals surface area contributed by atoms with Crippen molar-refractivity contribution in [2.75, 3.05) is 25.0 Å². The van der Waals surface area contributed by atoms with Crippen LogP contribution in [0.25, 0.3) is 5.52 Å². The normalized spacial score (nSPS) is 16.9. The summed E-state index contributed by atoms with van der Waals surface area (Å²) in [6, 6.07) is 15.0. The number of aromatic nitrogens is 2. The monoisotopic (exact) mass is 376 g/mol. The van der Waals surface area contributed by atoms with Gasteiger partial charge in [0.05, 0.1) is 5.52 Å². The number of para-hydroxylation sites is 1. The summed E-state index contributed by atoms with van der Waals surface area (Å²) in [7, 11) is 1.72. The number of fused-ring (bicyclic) bond motifs is 1. The van der Waals surface area contributed by atoms with E-state index in [9.17, 15) is 9.59 Å². The number of hydrogen-bond donors (Lipinski definition) is 0. The molecule has 0 N–H and O–H groups in total. The molecule has 6 nitrogen and oxygen atoms in total. The van der Waals surface area contributed by atoms with E-state index in [0.29, 0.717) is 23.0 Å². The second-order valence-electron chi connectivity index (χ2n) is 7.44. The van der Waals surface area contributed by atoms with Crippen LogP contribution in [0.5, 0.6) is 0 Å². The second kappa shape index (κ2) is 7.46. The molecule has 0 spiro atoms. The van der Waals surface area contributed by atoms with Crippen molar-refractivity contribution in [2.45, 2.75) is 19.8 Å². The fraction of sp³-hybridized carbons (Fsp3) is 0.318. The molecule has 3 heterocycles. The molecule has 3 aromatic rings. The Hall–Kier alpha value is -3.15. The third kappa shape index (κ3) is 3.26. The minimum absolute atomic E-state index is 0.117. The Bertz CT molecular complexity index is 1010. The van der Waals surface area contributed by atoms with E-state index in [1.807, 2.05) is 53.4 Å². The minimum Gasteiger partial charge on any atom is -0.336 e. The molecule has 1 aliphatic heterocycles. The number of imidazole rings is 1. The zero-order valence-electron chi connectivity index (χ0n) is 16.2. The lowest BCUT2D eigenvalue weighted by Gasteiger charge is -2.30. The fourth-order valence-corrected chi connectivity index (χ4v) is 3.79. The second-order valence-corrected chi connectivity index (χ2v) is 7.44. The first-order valence-electron chi connectivity index (χ1n) is 9.65. The molecular weight excluding hydrogens is 352 g/mol. The molecule has 1 atom stereocenters. The van der Waals surface area contributed by atoms with Gasteiger partial charge in [-0.2, -0.15) is 0 Å². The highest BCUT2D eigenvalue weighted by atomic mass is 16.2. The van der Waals surface area contributed by atoms with E-state index < -0.39 is 0 Å². The van der Waals surface area contributed by atoms with E-state index >= 15 is 0 Å². The average molecular weight is 376 g/mol. The lowest BCUT2D eigenvalue weighted by molar-refractivity contribution is 0.0670. The van der Waals surface area contributed by atoms with Crippen molar-refractivity contribution in [3.8, 4) is 0 Å². The molecule has 144 valence electrons. The Morgan fingerprint density at radius 3 is 2.61 bits per heavy atom. The highest BCUT2D eigenvalue weighted by molar-refractivity contribution is 6.10. The first-order chi connectivity index (χ1) is 13.6. The Morgan fingerprint density at radius 2 is 1.86 bits per heavy atom. The molecule has 2 aromatic heterocycles. The first kappa shape index (κ1) is 18.2. The van der Waals surface area contributed by atoms with Gasteiger partial charge in [0.25, 0.3) is 11.8 Å². The summed E-state index contributed by atoms with van der Waals surface area (Å²) in [6.07, 6.45) is 3.93. The van der Waals surface area contributed by atoms with Crippen LogP contribution in [0.1, 0.15) is 40.9 Å². The highest BCUT2D eigenvalue weighted by Gasteiger charge is 2.28. The third-order valence-electron chi connectivity index (χ3n) is 5.33. The van der Waals surface area contributed by atoms with Crippen molar-refractivity contribution in [3.63, 3.8) is 0 Å². The number of likely N-dealkylation sites (tertiary alicyclic amines) is 1. The first-order valence-corrected chi connectivity index (χ1v) is 9.65. The Labute approximate surface area is 164 Å². The summed E-state index contributed by atoms with van der Waals surface area (Å²) in [4.78, 5) is 34.2. The van der Waals surface area contributed by atoms with Crippen LogP contribution < -0.4 is 4.90 Å². The summed E-state index contributed by atoms with van der Waals surface area (Å²) in [5, 5.41) is 0. The van der Waals surface area contributed by atoms with Gasteiger partial charge in [-0.1, -0.05) is 31.2 Å². The maximum Gasteiger partial charge on any atom is 0.290 e. The maximum atomic E-state index is 13.2. The Kier molecular flexibility index (Phi) is 4.86. The predicted molar refractivity (Wildman–Crippen MR) is 109 cm³/mol. The van der Waals surface area contributed by atoms with Crippen molar-refractivity contribution >= 4 is 23.0 Å². The van der Waals surface area contributed by atoms with E-state index in [0.717, 1.165) is 31.6 Å². The lowest BCUT2D eigenvalue weighted by Crippen LogP contribution is -2.40. The van der Waals surface area contributed by atoms with Gasteiger partial charge < -0.3 is 9.80 Å². The average Bonchev–Trinajstić information content (AvgIpc) is 3.12. The molecule has 1 aliphatic rings. The summed E-state index contributed by atoms with van der Waals surface area (Å²) in [5.41, 5.74) is 1.71. The number of benzene rings is 1. The van der Waals surface area contributed by atoms with Gasteiger partial charge in [0.15, 0.2) is 5.69 Å². The van der Waals surface area contributed by atoms with Crippen LogP contribution in [-0.4, -0.2) is 46.2 Å². The van der Waals surface area contributed by atoms with E-state index in [4.69, 9.17) is 0 Å². The summed E-state index contributed by atoms with van der Waals surface area (Å²) >= 11 is 0. The van der Waals surface area contributed by atoms with Crippen LogP contribution in [-0.2, 0) is 0 Å². The van der Waals surface area contributed by atoms with Gasteiger partial charge in [0.2, 0.25) is 5.82 Å². The van der Waals surface area contributed by atoms with Crippen LogP contribution in [0.2, 0.25) is 0 Å². The molecular formula is C22H24N4O2. The zero-order chi connectivity index (χ0) is 19.7. The van der Waals surface area contributed by atoms with E-state index in [1.54, 1.807) is 22.5 Å². The van der Waals surface area contributed by atoms with Crippen LogP contribution >= 0.6 is 0 Å². The van der Waals surface area contributed by atoms with Gasteiger partial charge in [0, 0.05) is 32.0 Å². The third-order valence-corrected chi connectivity index (χ3v) is 5.33. The van der Waals surface area contributed by atoms with Crippen molar-refractivity contribution in [1.29, 1.82) is 0 Å². The van der Waals surface area contributed by atoms with Crippen LogP contribution in [0.3, 0.4) is 0 Å². The number of anilines is 1. The summed E-state index contributed by atoms with van der Waals surface area (Å²) < 4.78 is 1.73. The molecule has 28 heavy (non-hydrogen) atoms. The SMILES string of the molecule is CC1CCCN(C(=O)c2nc(C(=O)N(C)c3ccccc3)c3ccccn23)C1. The maximum absolute atomic E-state index is 13.2. The van der Waals surface area contributed by atoms with Crippen molar-refractivity contribution in [1.82, 2.24) is 14.3 Å². The molecule has 0 saturated carbocycles. The van der Waals surface area contributed by atoms with E-state index in [1.165, 1.54) is 0 Å². The van der Waals surface area contributed by atoms with Gasteiger partial charge in [0.1, 0.15) is 0 Å². The molecule has 0 aliphatic carbocycles. The molecule has 0 radical (unpaired) electrons. The number of carbonyl (C=O) groups is 2. The fourth-order valence-electron chi connectivity index (χ4n) is 3.79. The zero-order valence-corrected chi connectivity index (χ0v) is 16.2. The van der Waals surface area contributed by atoms with Crippen molar-refractivity contribution in [2.24, 2.45) is 5.92 Å². The van der Waals surface area contributed by atoms with Gasteiger partial charge >= 0.3 is 0 Å². The number of nitrogens with zero attached hydrogens (tertiary/aromatic N) is 4. The molecule has 0 bridgehead atoms. The molecule has 6 heteroatoms. The molecule has 1 saturated heterocycles. The quantitative estimate of drug-likeness (QED) is 0.703. The predicted octanol–water partition coefficient (Wildman–Crippen LogP) is 3.48. The lowest BCUT2D eigenvalue weighted by atomic mass is 10.0. The summed E-state index contributed by atoms with van der Waals surface area (Å²) in [6.45, 7) is 3.62. The standard InChI is InChI=1S/C22H24N4O2/c1-16-9-8-13-25(15-16)22(28)20-23-19(18-12-6-7-14-26(18)20)21(27)24(2)17-10-4-3-5-11-17/h3-7,10-12,14,16H,8-9,13,15H2,1-2H3. The number of carbonyl (C=O) groups excluding carboxylic acids is 2. The minimum atomic E-state index is -0.235. The molecule has 1 aromatic carbocycles. The van der Waals surface area contributed by atoms with Crippen LogP contribution in [0.4, 0.5) is 5.69 Å². The van der Waals surface area contributed by atoms with Gasteiger partial charge in [-0.05, 0) is 43.0 Å². The number of pyridine rings is 1. The van der Waals surface area contributed by atoms with Crippen LogP contribution in [0.15, 0.2) is 54.7 Å². The molecule has 2 amide bonds. The van der Waals surface area contributed by atoms with Gasteiger partial charge in [-0.25, -0.2) is 4.98 Å². The topological polar surface area (TPSA) is 57.9 Å². The number of hydrogen-bond acceptors (Lipinski definition) is 3. The van der Waals surface area contributed by atoms with E-state index in [-0.39, 0.29) is 11.8 Å². The van der Waals surface area contributed by atoms with Gasteiger partial charge in [-0.3, -0.25) is 14.0 Å². The molecule has 1 fully saturated rings. The van der Waals surface area contributed by atoms with Gasteiger partial charge in [-0.15, -0.1) is 0 Å². The Morgan fingerprint density at radius 1 is 1.11 bits per heavy atom. The van der Waals surface area contributed by atoms with E-state index in [2.05, 4.69) is 11.9 Å². The number of amides is 2. The van der Waals surface area contributed by atoms with Crippen LogP contribution in [0, 0.1) is 5.92 Å². The number of piperidine rings is 1. The largest absolute Gasteiger partial charge is 0.336 e.